The van der Waals surface area contributed by atoms with Crippen molar-refractivity contribution in [1.82, 2.24) is 10.2 Å². The van der Waals surface area contributed by atoms with Crippen LogP contribution in [0.5, 0.6) is 0 Å². The molecule has 1 aliphatic rings. The molecule has 3 nitrogen and oxygen atoms in total. The summed E-state index contributed by atoms with van der Waals surface area (Å²) < 4.78 is 5.60. The van der Waals surface area contributed by atoms with Crippen LogP contribution < -0.4 is 5.32 Å². The fourth-order valence-corrected chi connectivity index (χ4v) is 2.21. The van der Waals surface area contributed by atoms with Gasteiger partial charge in [0.15, 0.2) is 0 Å². The number of hydrogen-bond acceptors (Lipinski definition) is 3. The number of nitrogens with zero attached hydrogens (tertiary/aromatic N) is 1. The molecule has 3 heteroatoms. The average Bonchev–Trinajstić information content (AvgIpc) is 2.34. The van der Waals surface area contributed by atoms with Crippen molar-refractivity contribution in [2.75, 3.05) is 39.4 Å². The van der Waals surface area contributed by atoms with Crippen LogP contribution in [0.3, 0.4) is 0 Å². The Labute approximate surface area is 107 Å². The van der Waals surface area contributed by atoms with Crippen molar-refractivity contribution in [3.05, 3.63) is 0 Å². The third kappa shape index (κ3) is 7.02. The molecule has 0 amide bonds. The Morgan fingerprint density at radius 1 is 1.24 bits per heavy atom. The van der Waals surface area contributed by atoms with Gasteiger partial charge in [0.05, 0.1) is 6.61 Å². The second-order valence-electron chi connectivity index (χ2n) is 5.46. The van der Waals surface area contributed by atoms with Gasteiger partial charge in [-0.05, 0) is 44.8 Å². The minimum absolute atomic E-state index is 0.714. The maximum absolute atomic E-state index is 5.60. The molecule has 1 aliphatic heterocycles. The number of nitrogens with one attached hydrogen (secondary N) is 1. The fraction of sp³-hybridized carbons (Fsp3) is 1.00. The predicted octanol–water partition coefficient (Wildman–Crippen LogP) is 2.12. The highest BCUT2D eigenvalue weighted by Crippen LogP contribution is 2.09. The molecule has 102 valence electrons. The first-order valence-electron chi connectivity index (χ1n) is 7.25. The van der Waals surface area contributed by atoms with Crippen LogP contribution in [0.4, 0.5) is 0 Å². The van der Waals surface area contributed by atoms with E-state index < -0.39 is 0 Å². The van der Waals surface area contributed by atoms with Gasteiger partial charge >= 0.3 is 0 Å². The Hall–Kier alpha value is -0.120. The molecule has 1 heterocycles. The summed E-state index contributed by atoms with van der Waals surface area (Å²) in [6.45, 7) is 13.2. The third-order valence-electron chi connectivity index (χ3n) is 3.55. The first-order chi connectivity index (χ1) is 8.22. The molecule has 1 fully saturated rings. The van der Waals surface area contributed by atoms with Crippen LogP contribution >= 0.6 is 0 Å². The van der Waals surface area contributed by atoms with Crippen LogP contribution in [-0.2, 0) is 4.74 Å². The van der Waals surface area contributed by atoms with E-state index in [9.17, 15) is 0 Å². The molecule has 0 bridgehead atoms. The van der Waals surface area contributed by atoms with Crippen molar-refractivity contribution in [3.63, 3.8) is 0 Å². The SMILES string of the molecule is CCN1CCC(NCCOCCC(C)C)CC1. The second-order valence-corrected chi connectivity index (χ2v) is 5.46. The van der Waals surface area contributed by atoms with Crippen LogP contribution in [0.2, 0.25) is 0 Å². The smallest absolute Gasteiger partial charge is 0.0591 e. The topological polar surface area (TPSA) is 24.5 Å². The Balaban J connectivity index is 1.90. The van der Waals surface area contributed by atoms with E-state index in [1.165, 1.54) is 38.9 Å². The van der Waals surface area contributed by atoms with E-state index in [4.69, 9.17) is 4.74 Å². The van der Waals surface area contributed by atoms with Crippen LogP contribution in [0.25, 0.3) is 0 Å². The minimum atomic E-state index is 0.714. The quantitative estimate of drug-likeness (QED) is 0.660. The zero-order chi connectivity index (χ0) is 12.5. The molecule has 0 aromatic rings. The number of piperidine rings is 1. The molecule has 0 aromatic carbocycles. The highest BCUT2D eigenvalue weighted by molar-refractivity contribution is 4.76. The van der Waals surface area contributed by atoms with Gasteiger partial charge in [0.25, 0.3) is 0 Å². The molecular weight excluding hydrogens is 212 g/mol. The van der Waals surface area contributed by atoms with E-state index in [1.807, 2.05) is 0 Å². The second kappa shape index (κ2) is 8.90. The lowest BCUT2D eigenvalue weighted by molar-refractivity contribution is 0.119. The Bertz CT molecular complexity index is 177. The molecule has 0 unspecified atom stereocenters. The zero-order valence-corrected chi connectivity index (χ0v) is 11.9. The Morgan fingerprint density at radius 2 is 1.94 bits per heavy atom. The first-order valence-corrected chi connectivity index (χ1v) is 7.25. The highest BCUT2D eigenvalue weighted by Gasteiger charge is 2.16. The summed E-state index contributed by atoms with van der Waals surface area (Å²) in [6, 6.07) is 0.714. The summed E-state index contributed by atoms with van der Waals surface area (Å²) in [5.41, 5.74) is 0. The zero-order valence-electron chi connectivity index (χ0n) is 11.9. The van der Waals surface area contributed by atoms with Gasteiger partial charge in [-0.2, -0.15) is 0 Å². The average molecular weight is 242 g/mol. The molecular formula is C14H30N2O. The van der Waals surface area contributed by atoms with Gasteiger partial charge in [0.2, 0.25) is 0 Å². The van der Waals surface area contributed by atoms with E-state index in [1.54, 1.807) is 0 Å². The van der Waals surface area contributed by atoms with E-state index in [0.29, 0.717) is 6.04 Å². The lowest BCUT2D eigenvalue weighted by atomic mass is 10.1. The monoisotopic (exact) mass is 242 g/mol. The Kier molecular flexibility index (Phi) is 7.82. The van der Waals surface area contributed by atoms with Crippen LogP contribution in [0.15, 0.2) is 0 Å². The van der Waals surface area contributed by atoms with Gasteiger partial charge in [0.1, 0.15) is 0 Å². The maximum Gasteiger partial charge on any atom is 0.0591 e. The van der Waals surface area contributed by atoms with E-state index in [2.05, 4.69) is 31.0 Å². The largest absolute Gasteiger partial charge is 0.380 e. The summed E-state index contributed by atoms with van der Waals surface area (Å²) in [4.78, 5) is 2.53. The van der Waals surface area contributed by atoms with Crippen LogP contribution in [0, 0.1) is 5.92 Å². The van der Waals surface area contributed by atoms with Crippen molar-refractivity contribution in [1.29, 1.82) is 0 Å². The van der Waals surface area contributed by atoms with Crippen molar-refractivity contribution < 1.29 is 4.74 Å². The van der Waals surface area contributed by atoms with Crippen LogP contribution in [-0.4, -0.2) is 50.3 Å². The normalized spacial score (nSPS) is 19.1. The fourth-order valence-electron chi connectivity index (χ4n) is 2.21. The van der Waals surface area contributed by atoms with Gasteiger partial charge in [-0.15, -0.1) is 0 Å². The number of ether oxygens (including phenoxy) is 1. The first kappa shape index (κ1) is 14.9. The van der Waals surface area contributed by atoms with Gasteiger partial charge in [-0.25, -0.2) is 0 Å². The van der Waals surface area contributed by atoms with Gasteiger partial charge in [-0.3, -0.25) is 0 Å². The molecule has 0 atom stereocenters. The molecule has 17 heavy (non-hydrogen) atoms. The van der Waals surface area contributed by atoms with Crippen molar-refractivity contribution >= 4 is 0 Å². The van der Waals surface area contributed by atoms with Crippen molar-refractivity contribution in [2.45, 2.75) is 46.1 Å². The van der Waals surface area contributed by atoms with E-state index in [-0.39, 0.29) is 0 Å². The summed E-state index contributed by atoms with van der Waals surface area (Å²) >= 11 is 0. The van der Waals surface area contributed by atoms with Crippen molar-refractivity contribution in [3.8, 4) is 0 Å². The molecule has 1 rings (SSSR count). The molecule has 1 N–H and O–H groups in total. The molecule has 0 radical (unpaired) electrons. The molecule has 0 spiro atoms. The molecule has 0 aliphatic carbocycles. The summed E-state index contributed by atoms with van der Waals surface area (Å²) in [6.07, 6.45) is 3.76. The van der Waals surface area contributed by atoms with E-state index in [0.717, 1.165) is 25.7 Å². The summed E-state index contributed by atoms with van der Waals surface area (Å²) in [5.74, 6) is 0.751. The number of rotatable bonds is 8. The molecule has 1 saturated heterocycles. The molecule has 0 saturated carbocycles. The highest BCUT2D eigenvalue weighted by atomic mass is 16.5. The van der Waals surface area contributed by atoms with Gasteiger partial charge in [-0.1, -0.05) is 20.8 Å². The predicted molar refractivity (Wildman–Crippen MR) is 73.4 cm³/mol. The maximum atomic E-state index is 5.60. The lowest BCUT2D eigenvalue weighted by Crippen LogP contribution is -2.43. The third-order valence-corrected chi connectivity index (χ3v) is 3.55. The van der Waals surface area contributed by atoms with E-state index >= 15 is 0 Å². The summed E-state index contributed by atoms with van der Waals surface area (Å²) in [5, 5.41) is 3.60. The number of likely N-dealkylation sites (tertiary alicyclic amines) is 1. The summed E-state index contributed by atoms with van der Waals surface area (Å²) in [7, 11) is 0. The van der Waals surface area contributed by atoms with Crippen LogP contribution in [0.1, 0.15) is 40.0 Å². The molecule has 0 aromatic heterocycles. The van der Waals surface area contributed by atoms with Gasteiger partial charge in [0, 0.05) is 19.2 Å². The Morgan fingerprint density at radius 3 is 2.53 bits per heavy atom. The number of hydrogen-bond donors (Lipinski definition) is 1. The van der Waals surface area contributed by atoms with Gasteiger partial charge < -0.3 is 15.0 Å². The lowest BCUT2D eigenvalue weighted by Gasteiger charge is -2.31. The minimum Gasteiger partial charge on any atom is -0.380 e. The standard InChI is InChI=1S/C14H30N2O/c1-4-16-9-5-14(6-10-16)15-8-12-17-11-7-13(2)3/h13-15H,4-12H2,1-3H3. The van der Waals surface area contributed by atoms with Crippen molar-refractivity contribution in [2.24, 2.45) is 5.92 Å².